The number of urea groups is 1. The fraction of sp³-hybridized carbons (Fsp3) is 0.353. The molecular formula is C17H20N4O3S. The zero-order valence-corrected chi connectivity index (χ0v) is 15.1. The Morgan fingerprint density at radius 1 is 1.40 bits per heavy atom. The molecule has 0 fully saturated rings. The number of hydrogen-bond acceptors (Lipinski definition) is 5. The number of ether oxygens (including phenoxy) is 1. The van der Waals surface area contributed by atoms with E-state index < -0.39 is 12.0 Å². The van der Waals surface area contributed by atoms with Crippen LogP contribution in [0.3, 0.4) is 0 Å². The van der Waals surface area contributed by atoms with E-state index in [1.165, 1.54) is 11.8 Å². The normalized spacial score (nSPS) is 17.4. The summed E-state index contributed by atoms with van der Waals surface area (Å²) in [6.07, 6.45) is 0. The van der Waals surface area contributed by atoms with Crippen molar-refractivity contribution >= 4 is 34.8 Å². The first kappa shape index (κ1) is 17.3. The van der Waals surface area contributed by atoms with Crippen LogP contribution >= 0.6 is 11.8 Å². The van der Waals surface area contributed by atoms with Gasteiger partial charge in [-0.1, -0.05) is 23.9 Å². The van der Waals surface area contributed by atoms with E-state index in [-0.39, 0.29) is 12.6 Å². The monoisotopic (exact) mass is 360 g/mol. The topological polar surface area (TPSA) is 85.2 Å². The highest BCUT2D eigenvalue weighted by molar-refractivity contribution is 7.99. The standard InChI is InChI=1S/C17H20N4O3S/c1-4-24-15(22)14-10(2)18-16(23)19-12(14)9-25-17-20-11-7-5-6-8-13(11)21(17)3/h5-8,10H,4,9H2,1-3H3,(H2,18,19,23). The zero-order valence-electron chi connectivity index (χ0n) is 14.3. The Labute approximate surface area is 149 Å². The summed E-state index contributed by atoms with van der Waals surface area (Å²) in [5, 5.41) is 6.24. The van der Waals surface area contributed by atoms with Gasteiger partial charge in [0.15, 0.2) is 5.16 Å². The maximum Gasteiger partial charge on any atom is 0.337 e. The number of carbonyl (C=O) groups is 2. The number of fused-ring (bicyclic) bond motifs is 1. The number of thioether (sulfide) groups is 1. The SMILES string of the molecule is CCOC(=O)C1=C(CSc2nc3ccccc3n2C)NC(=O)NC1C. The summed E-state index contributed by atoms with van der Waals surface area (Å²) >= 11 is 1.47. The van der Waals surface area contributed by atoms with Crippen LogP contribution in [0, 0.1) is 0 Å². The fourth-order valence-corrected chi connectivity index (χ4v) is 3.74. The predicted octanol–water partition coefficient (Wildman–Crippen LogP) is 2.18. The van der Waals surface area contributed by atoms with Gasteiger partial charge < -0.3 is 19.9 Å². The molecule has 2 N–H and O–H groups in total. The van der Waals surface area contributed by atoms with Crippen LogP contribution in [0.5, 0.6) is 0 Å². The Kier molecular flexibility index (Phi) is 4.98. The van der Waals surface area contributed by atoms with Crippen LogP contribution in [0.25, 0.3) is 11.0 Å². The molecule has 0 aliphatic carbocycles. The van der Waals surface area contributed by atoms with Crippen molar-refractivity contribution in [1.82, 2.24) is 20.2 Å². The zero-order chi connectivity index (χ0) is 18.0. The van der Waals surface area contributed by atoms with Crippen LogP contribution in [0.4, 0.5) is 4.79 Å². The predicted molar refractivity (Wildman–Crippen MR) is 96.2 cm³/mol. The highest BCUT2D eigenvalue weighted by Gasteiger charge is 2.29. The molecule has 2 heterocycles. The molecule has 1 aromatic carbocycles. The van der Waals surface area contributed by atoms with E-state index in [0.29, 0.717) is 17.0 Å². The molecule has 0 bridgehead atoms. The highest BCUT2D eigenvalue weighted by atomic mass is 32.2. The van der Waals surface area contributed by atoms with Crippen LogP contribution in [0.15, 0.2) is 40.7 Å². The second-order valence-corrected chi connectivity index (χ2v) is 6.61. The van der Waals surface area contributed by atoms with Crippen LogP contribution in [-0.2, 0) is 16.6 Å². The first-order valence-corrected chi connectivity index (χ1v) is 9.01. The van der Waals surface area contributed by atoms with Crippen LogP contribution < -0.4 is 10.6 Å². The lowest BCUT2D eigenvalue weighted by Gasteiger charge is -2.26. The van der Waals surface area contributed by atoms with Crippen molar-refractivity contribution in [2.45, 2.75) is 25.0 Å². The largest absolute Gasteiger partial charge is 0.463 e. The maximum absolute atomic E-state index is 12.2. The Balaban J connectivity index is 1.87. The number of benzene rings is 1. The number of aromatic nitrogens is 2. The van der Waals surface area contributed by atoms with Crippen LogP contribution in [-0.4, -0.2) is 40.0 Å². The van der Waals surface area contributed by atoms with E-state index in [9.17, 15) is 9.59 Å². The molecule has 1 aliphatic heterocycles. The number of nitrogens with one attached hydrogen (secondary N) is 2. The molecule has 0 saturated carbocycles. The summed E-state index contributed by atoms with van der Waals surface area (Å²) in [4.78, 5) is 28.6. The minimum atomic E-state index is -0.414. The van der Waals surface area contributed by atoms with Crippen LogP contribution in [0.2, 0.25) is 0 Å². The van der Waals surface area contributed by atoms with Gasteiger partial charge in [-0.3, -0.25) is 0 Å². The molecule has 1 atom stereocenters. The summed E-state index contributed by atoms with van der Waals surface area (Å²) < 4.78 is 7.12. The number of rotatable bonds is 5. The second kappa shape index (κ2) is 7.18. The van der Waals surface area contributed by atoms with E-state index in [1.54, 1.807) is 13.8 Å². The second-order valence-electron chi connectivity index (χ2n) is 5.66. The van der Waals surface area contributed by atoms with Crippen molar-refractivity contribution < 1.29 is 14.3 Å². The third kappa shape index (κ3) is 3.48. The quantitative estimate of drug-likeness (QED) is 0.631. The number of nitrogens with zero attached hydrogens (tertiary/aromatic N) is 2. The maximum atomic E-state index is 12.2. The molecule has 0 radical (unpaired) electrons. The molecule has 3 rings (SSSR count). The average Bonchev–Trinajstić information content (AvgIpc) is 2.89. The fourth-order valence-electron chi connectivity index (χ4n) is 2.78. The number of imidazole rings is 1. The lowest BCUT2D eigenvalue weighted by Crippen LogP contribution is -2.49. The molecule has 2 amide bonds. The molecule has 7 nitrogen and oxygen atoms in total. The molecule has 1 aliphatic rings. The minimum Gasteiger partial charge on any atom is -0.463 e. The van der Waals surface area contributed by atoms with Crippen molar-refractivity contribution in [3.05, 3.63) is 35.5 Å². The average molecular weight is 360 g/mol. The van der Waals surface area contributed by atoms with Gasteiger partial charge in [-0.25, -0.2) is 14.6 Å². The number of carbonyl (C=O) groups excluding carboxylic acids is 2. The highest BCUT2D eigenvalue weighted by Crippen LogP contribution is 2.26. The summed E-state index contributed by atoms with van der Waals surface area (Å²) in [5.41, 5.74) is 2.96. The summed E-state index contributed by atoms with van der Waals surface area (Å²) in [6, 6.07) is 7.15. The van der Waals surface area contributed by atoms with Crippen molar-refractivity contribution in [2.75, 3.05) is 12.4 Å². The van der Waals surface area contributed by atoms with E-state index in [0.717, 1.165) is 16.2 Å². The van der Waals surface area contributed by atoms with Gasteiger partial charge in [0.1, 0.15) is 0 Å². The molecule has 25 heavy (non-hydrogen) atoms. The van der Waals surface area contributed by atoms with Gasteiger partial charge in [0.05, 0.1) is 29.3 Å². The molecule has 1 aromatic heterocycles. The van der Waals surface area contributed by atoms with Gasteiger partial charge in [0.25, 0.3) is 0 Å². The summed E-state index contributed by atoms with van der Waals surface area (Å²) in [6.45, 7) is 3.81. The van der Waals surface area contributed by atoms with Gasteiger partial charge in [-0.15, -0.1) is 0 Å². The Morgan fingerprint density at radius 2 is 2.16 bits per heavy atom. The molecule has 0 spiro atoms. The van der Waals surface area contributed by atoms with Gasteiger partial charge in [-0.2, -0.15) is 0 Å². The molecule has 132 valence electrons. The lowest BCUT2D eigenvalue weighted by atomic mass is 10.1. The van der Waals surface area contributed by atoms with Crippen molar-refractivity contribution in [3.63, 3.8) is 0 Å². The van der Waals surface area contributed by atoms with Gasteiger partial charge >= 0.3 is 12.0 Å². The Bertz CT molecular complexity index is 859. The lowest BCUT2D eigenvalue weighted by molar-refractivity contribution is -0.138. The summed E-state index contributed by atoms with van der Waals surface area (Å²) in [7, 11) is 1.95. The molecule has 2 aromatic rings. The van der Waals surface area contributed by atoms with Crippen molar-refractivity contribution in [2.24, 2.45) is 7.05 Å². The summed E-state index contributed by atoms with van der Waals surface area (Å²) in [5.74, 6) is 0.00592. The Morgan fingerprint density at radius 3 is 2.88 bits per heavy atom. The van der Waals surface area contributed by atoms with E-state index in [4.69, 9.17) is 4.74 Å². The van der Waals surface area contributed by atoms with Gasteiger partial charge in [0, 0.05) is 18.5 Å². The van der Waals surface area contributed by atoms with Gasteiger partial charge in [-0.05, 0) is 26.0 Å². The number of aryl methyl sites for hydroxylation is 1. The third-order valence-electron chi connectivity index (χ3n) is 3.96. The number of esters is 1. The molecular weight excluding hydrogens is 340 g/mol. The molecule has 0 saturated heterocycles. The smallest absolute Gasteiger partial charge is 0.337 e. The number of hydrogen-bond donors (Lipinski definition) is 2. The molecule has 1 unspecified atom stereocenters. The first-order valence-electron chi connectivity index (χ1n) is 8.03. The first-order chi connectivity index (χ1) is 12.0. The van der Waals surface area contributed by atoms with Crippen LogP contribution in [0.1, 0.15) is 13.8 Å². The number of amides is 2. The van der Waals surface area contributed by atoms with Crippen molar-refractivity contribution in [1.29, 1.82) is 0 Å². The van der Waals surface area contributed by atoms with Crippen molar-refractivity contribution in [3.8, 4) is 0 Å². The Hall–Kier alpha value is -2.48. The minimum absolute atomic E-state index is 0.286. The number of para-hydroxylation sites is 2. The molecule has 8 heteroatoms. The van der Waals surface area contributed by atoms with Gasteiger partial charge in [0.2, 0.25) is 0 Å². The third-order valence-corrected chi connectivity index (χ3v) is 5.01. The van der Waals surface area contributed by atoms with E-state index in [1.807, 2.05) is 35.9 Å². The van der Waals surface area contributed by atoms with E-state index in [2.05, 4.69) is 15.6 Å². The van der Waals surface area contributed by atoms with E-state index >= 15 is 0 Å².